The van der Waals surface area contributed by atoms with Crippen LogP contribution in [0.2, 0.25) is 0 Å². The van der Waals surface area contributed by atoms with Gasteiger partial charge in [0.05, 0.1) is 11.5 Å². The normalized spacial score (nSPS) is 16.5. The van der Waals surface area contributed by atoms with Gasteiger partial charge < -0.3 is 15.4 Å². The van der Waals surface area contributed by atoms with Crippen molar-refractivity contribution < 1.29 is 13.2 Å². The Morgan fingerprint density at radius 2 is 2.00 bits per heavy atom. The smallest absolute Gasteiger partial charge is 0.243 e. The van der Waals surface area contributed by atoms with Gasteiger partial charge >= 0.3 is 0 Å². The number of benzene rings is 1. The molecule has 1 aromatic rings. The predicted octanol–water partition coefficient (Wildman–Crippen LogP) is 1.56. The molecule has 0 saturated carbocycles. The number of aliphatic imine (C=N–C) groups is 1. The van der Waals surface area contributed by atoms with Crippen LogP contribution in [0.15, 0.2) is 34.2 Å². The Hall–Kier alpha value is -1.64. The third-order valence-corrected chi connectivity index (χ3v) is 6.17. The van der Waals surface area contributed by atoms with Gasteiger partial charge in [0.2, 0.25) is 10.0 Å². The zero-order chi connectivity index (χ0) is 18.8. The van der Waals surface area contributed by atoms with E-state index in [9.17, 15) is 8.42 Å². The number of piperidine rings is 1. The maximum absolute atomic E-state index is 12.8. The third kappa shape index (κ3) is 5.96. The van der Waals surface area contributed by atoms with Crippen molar-refractivity contribution in [2.75, 3.05) is 39.9 Å². The van der Waals surface area contributed by atoms with Gasteiger partial charge in [-0.1, -0.05) is 18.6 Å². The van der Waals surface area contributed by atoms with E-state index in [1.807, 2.05) is 13.0 Å². The van der Waals surface area contributed by atoms with E-state index in [2.05, 4.69) is 15.6 Å². The summed E-state index contributed by atoms with van der Waals surface area (Å²) in [6.45, 7) is 5.64. The first kappa shape index (κ1) is 20.7. The molecule has 0 atom stereocenters. The lowest BCUT2D eigenvalue weighted by Gasteiger charge is -2.26. The Morgan fingerprint density at radius 1 is 1.23 bits per heavy atom. The van der Waals surface area contributed by atoms with Crippen molar-refractivity contribution in [3.05, 3.63) is 29.8 Å². The highest BCUT2D eigenvalue weighted by molar-refractivity contribution is 7.89. The Morgan fingerprint density at radius 3 is 2.69 bits per heavy atom. The van der Waals surface area contributed by atoms with Gasteiger partial charge in [0.15, 0.2) is 5.96 Å². The lowest BCUT2D eigenvalue weighted by atomic mass is 10.2. The van der Waals surface area contributed by atoms with Gasteiger partial charge in [-0.2, -0.15) is 4.31 Å². The van der Waals surface area contributed by atoms with Crippen molar-refractivity contribution >= 4 is 16.0 Å². The van der Waals surface area contributed by atoms with Crippen LogP contribution in [0, 0.1) is 0 Å². The summed E-state index contributed by atoms with van der Waals surface area (Å²) in [6, 6.07) is 7.11. The average molecular weight is 383 g/mol. The molecule has 0 aromatic heterocycles. The number of hydrogen-bond acceptors (Lipinski definition) is 4. The summed E-state index contributed by atoms with van der Waals surface area (Å²) < 4.78 is 32.5. The van der Waals surface area contributed by atoms with Gasteiger partial charge in [-0.3, -0.25) is 4.99 Å². The molecule has 0 bridgehead atoms. The molecule has 1 aliphatic heterocycles. The highest BCUT2D eigenvalue weighted by Gasteiger charge is 2.25. The van der Waals surface area contributed by atoms with E-state index in [1.54, 1.807) is 29.6 Å². The lowest BCUT2D eigenvalue weighted by molar-refractivity contribution is 0.152. The number of ether oxygens (including phenoxy) is 1. The lowest BCUT2D eigenvalue weighted by Crippen LogP contribution is -2.38. The average Bonchev–Trinajstić information content (AvgIpc) is 2.68. The Labute approximate surface area is 156 Å². The fourth-order valence-electron chi connectivity index (χ4n) is 2.86. The molecule has 26 heavy (non-hydrogen) atoms. The third-order valence-electron chi connectivity index (χ3n) is 4.28. The minimum atomic E-state index is -3.41. The van der Waals surface area contributed by atoms with E-state index in [1.165, 1.54) is 0 Å². The first-order valence-corrected chi connectivity index (χ1v) is 10.6. The first-order chi connectivity index (χ1) is 12.6. The molecule has 8 heteroatoms. The summed E-state index contributed by atoms with van der Waals surface area (Å²) in [5.41, 5.74) is 0.899. The summed E-state index contributed by atoms with van der Waals surface area (Å²) in [5.74, 6) is 0.661. The van der Waals surface area contributed by atoms with Gasteiger partial charge in [0, 0.05) is 39.8 Å². The molecule has 1 aromatic carbocycles. The maximum atomic E-state index is 12.8. The standard InChI is InChI=1S/C18H30N4O3S/c1-3-25-13-10-20-18(19-2)21-15-16-8-7-9-17(14-16)26(23,24)22-11-5-4-6-12-22/h7-9,14H,3-6,10-13,15H2,1-2H3,(H2,19,20,21). The molecular formula is C18H30N4O3S. The van der Waals surface area contributed by atoms with Crippen LogP contribution in [0.3, 0.4) is 0 Å². The highest BCUT2D eigenvalue weighted by Crippen LogP contribution is 2.21. The van der Waals surface area contributed by atoms with Gasteiger partial charge in [-0.15, -0.1) is 0 Å². The van der Waals surface area contributed by atoms with Crippen LogP contribution < -0.4 is 10.6 Å². The van der Waals surface area contributed by atoms with E-state index in [-0.39, 0.29) is 0 Å². The van der Waals surface area contributed by atoms with E-state index in [0.29, 0.717) is 50.2 Å². The quantitative estimate of drug-likeness (QED) is 0.405. The molecule has 1 fully saturated rings. The molecule has 2 N–H and O–H groups in total. The largest absolute Gasteiger partial charge is 0.380 e. The number of nitrogens with one attached hydrogen (secondary N) is 2. The molecule has 1 saturated heterocycles. The monoisotopic (exact) mass is 382 g/mol. The predicted molar refractivity (Wildman–Crippen MR) is 104 cm³/mol. The van der Waals surface area contributed by atoms with Crippen molar-refractivity contribution in [1.82, 2.24) is 14.9 Å². The second kappa shape index (κ2) is 10.5. The van der Waals surface area contributed by atoms with Gasteiger partial charge in [-0.25, -0.2) is 8.42 Å². The number of nitrogens with zero attached hydrogens (tertiary/aromatic N) is 2. The van der Waals surface area contributed by atoms with Crippen molar-refractivity contribution in [1.29, 1.82) is 0 Å². The van der Waals surface area contributed by atoms with Crippen LogP contribution in [0.4, 0.5) is 0 Å². The van der Waals surface area contributed by atoms with E-state index in [0.717, 1.165) is 24.8 Å². The summed E-state index contributed by atoms with van der Waals surface area (Å²) in [4.78, 5) is 4.52. The topological polar surface area (TPSA) is 83.0 Å². The van der Waals surface area contributed by atoms with Crippen LogP contribution in [0.1, 0.15) is 31.7 Å². The molecule has 1 heterocycles. The number of hydrogen-bond donors (Lipinski definition) is 2. The second-order valence-corrected chi connectivity index (χ2v) is 8.10. The first-order valence-electron chi connectivity index (χ1n) is 9.19. The van der Waals surface area contributed by atoms with Crippen molar-refractivity contribution in [3.8, 4) is 0 Å². The van der Waals surface area contributed by atoms with E-state index in [4.69, 9.17) is 4.74 Å². The van der Waals surface area contributed by atoms with Gasteiger partial charge in [0.25, 0.3) is 0 Å². The molecule has 2 rings (SSSR count). The zero-order valence-electron chi connectivity index (χ0n) is 15.7. The van der Waals surface area contributed by atoms with Gasteiger partial charge in [0.1, 0.15) is 0 Å². The Bertz CT molecular complexity index is 685. The van der Waals surface area contributed by atoms with Crippen LogP contribution >= 0.6 is 0 Å². The van der Waals surface area contributed by atoms with Crippen LogP contribution in [-0.2, 0) is 21.3 Å². The molecule has 0 spiro atoms. The second-order valence-electron chi connectivity index (χ2n) is 6.16. The number of rotatable bonds is 8. The molecular weight excluding hydrogens is 352 g/mol. The number of guanidine groups is 1. The molecule has 146 valence electrons. The fraction of sp³-hybridized carbons (Fsp3) is 0.611. The molecule has 0 amide bonds. The van der Waals surface area contributed by atoms with Crippen LogP contribution in [-0.4, -0.2) is 58.6 Å². The maximum Gasteiger partial charge on any atom is 0.243 e. The molecule has 0 radical (unpaired) electrons. The van der Waals surface area contributed by atoms with Crippen LogP contribution in [0.25, 0.3) is 0 Å². The number of sulfonamides is 1. The van der Waals surface area contributed by atoms with Crippen molar-refractivity contribution in [2.45, 2.75) is 37.6 Å². The molecule has 0 aliphatic carbocycles. The highest BCUT2D eigenvalue weighted by atomic mass is 32.2. The Balaban J connectivity index is 1.95. The van der Waals surface area contributed by atoms with E-state index < -0.39 is 10.0 Å². The zero-order valence-corrected chi connectivity index (χ0v) is 16.5. The Kier molecular flexibility index (Phi) is 8.34. The molecule has 1 aliphatic rings. The summed E-state index contributed by atoms with van der Waals surface area (Å²) >= 11 is 0. The molecule has 0 unspecified atom stereocenters. The van der Waals surface area contributed by atoms with Crippen LogP contribution in [0.5, 0.6) is 0 Å². The minimum absolute atomic E-state index is 0.359. The summed E-state index contributed by atoms with van der Waals surface area (Å²) in [7, 11) is -1.70. The summed E-state index contributed by atoms with van der Waals surface area (Å²) in [6.07, 6.45) is 2.97. The molecule has 7 nitrogen and oxygen atoms in total. The van der Waals surface area contributed by atoms with Crippen molar-refractivity contribution in [3.63, 3.8) is 0 Å². The fourth-order valence-corrected chi connectivity index (χ4v) is 4.45. The SMILES string of the molecule is CCOCCNC(=NC)NCc1cccc(S(=O)(=O)N2CCCCC2)c1. The van der Waals surface area contributed by atoms with Gasteiger partial charge in [-0.05, 0) is 37.5 Å². The van der Waals surface area contributed by atoms with E-state index >= 15 is 0 Å². The van der Waals surface area contributed by atoms with Crippen molar-refractivity contribution in [2.24, 2.45) is 4.99 Å². The summed E-state index contributed by atoms with van der Waals surface area (Å²) in [5, 5.41) is 6.35. The minimum Gasteiger partial charge on any atom is -0.380 e.